The van der Waals surface area contributed by atoms with Gasteiger partial charge in [-0.1, -0.05) is 11.6 Å². The molecule has 0 aromatic carbocycles. The molecule has 146 valence electrons. The molecule has 0 radical (unpaired) electrons. The second-order valence-electron chi connectivity index (χ2n) is 7.12. The molecule has 2 aromatic rings. The molecule has 0 atom stereocenters. The molecule has 3 heterocycles. The number of hydrogen-bond donors (Lipinski definition) is 1. The molecule has 0 saturated heterocycles. The van der Waals surface area contributed by atoms with E-state index in [4.69, 9.17) is 11.6 Å². The number of aromatic nitrogens is 4. The van der Waals surface area contributed by atoms with E-state index in [1.807, 2.05) is 10.8 Å². The number of carbonyl (C=O) groups is 2. The fourth-order valence-electron chi connectivity index (χ4n) is 3.39. The van der Waals surface area contributed by atoms with Crippen LogP contribution in [-0.2, 0) is 22.6 Å². The predicted molar refractivity (Wildman–Crippen MR) is 101 cm³/mol. The topological polar surface area (TPSA) is 109 Å². The van der Waals surface area contributed by atoms with Crippen molar-refractivity contribution in [1.82, 2.24) is 24.9 Å². The van der Waals surface area contributed by atoms with Crippen LogP contribution in [0.4, 0.5) is 5.82 Å². The monoisotopic (exact) mass is 401 g/mol. The van der Waals surface area contributed by atoms with Gasteiger partial charge in [0.2, 0.25) is 11.8 Å². The molecule has 0 bridgehead atoms. The first-order chi connectivity index (χ1) is 13.5. The van der Waals surface area contributed by atoms with Crippen molar-refractivity contribution in [2.45, 2.75) is 51.6 Å². The molecule has 1 aliphatic heterocycles. The summed E-state index contributed by atoms with van der Waals surface area (Å²) in [7, 11) is 0. The number of nitrogens with zero attached hydrogens (tertiary/aromatic N) is 6. The molecule has 1 aliphatic carbocycles. The molecule has 2 aliphatic rings. The van der Waals surface area contributed by atoms with Crippen LogP contribution in [0.2, 0.25) is 5.02 Å². The van der Waals surface area contributed by atoms with Gasteiger partial charge in [0.15, 0.2) is 11.6 Å². The number of rotatable bonds is 5. The second kappa shape index (κ2) is 7.28. The highest BCUT2D eigenvalue weighted by Gasteiger charge is 2.30. The van der Waals surface area contributed by atoms with Crippen molar-refractivity contribution in [3.8, 4) is 11.9 Å². The van der Waals surface area contributed by atoms with Gasteiger partial charge >= 0.3 is 0 Å². The predicted octanol–water partition coefficient (Wildman–Crippen LogP) is 1.56. The highest BCUT2D eigenvalue weighted by atomic mass is 35.5. The SMILES string of the molecule is CC(=O)N(CC(=O)NC1CC1)c1c(C#N)cnn1-c1nn2c(c1Cl)CCCC2. The molecule has 1 N–H and O–H groups in total. The first-order valence-electron chi connectivity index (χ1n) is 9.30. The molecule has 28 heavy (non-hydrogen) atoms. The van der Waals surface area contributed by atoms with E-state index in [0.29, 0.717) is 10.8 Å². The smallest absolute Gasteiger partial charge is 0.240 e. The van der Waals surface area contributed by atoms with Crippen molar-refractivity contribution in [3.63, 3.8) is 0 Å². The van der Waals surface area contributed by atoms with Gasteiger partial charge in [-0.2, -0.15) is 20.1 Å². The normalized spacial score (nSPS) is 15.6. The first kappa shape index (κ1) is 18.5. The summed E-state index contributed by atoms with van der Waals surface area (Å²) < 4.78 is 3.23. The molecular weight excluding hydrogens is 382 g/mol. The Bertz CT molecular complexity index is 983. The van der Waals surface area contributed by atoms with Crippen molar-refractivity contribution in [1.29, 1.82) is 5.26 Å². The highest BCUT2D eigenvalue weighted by Crippen LogP contribution is 2.32. The number of nitrogens with one attached hydrogen (secondary N) is 1. The summed E-state index contributed by atoms with van der Waals surface area (Å²) in [5.74, 6) is -0.0731. The number of anilines is 1. The van der Waals surface area contributed by atoms with E-state index in [1.54, 1.807) is 0 Å². The van der Waals surface area contributed by atoms with Crippen molar-refractivity contribution in [2.24, 2.45) is 0 Å². The van der Waals surface area contributed by atoms with Gasteiger partial charge in [-0.3, -0.25) is 19.2 Å². The lowest BCUT2D eigenvalue weighted by molar-refractivity contribution is -0.123. The summed E-state index contributed by atoms with van der Waals surface area (Å²) in [6.45, 7) is 1.91. The maximum absolute atomic E-state index is 12.3. The Morgan fingerprint density at radius 1 is 1.43 bits per heavy atom. The highest BCUT2D eigenvalue weighted by molar-refractivity contribution is 6.33. The van der Waals surface area contributed by atoms with Crippen LogP contribution in [0.25, 0.3) is 5.82 Å². The van der Waals surface area contributed by atoms with E-state index in [1.165, 1.54) is 22.7 Å². The van der Waals surface area contributed by atoms with Crippen LogP contribution in [0.5, 0.6) is 0 Å². The molecule has 1 saturated carbocycles. The number of hydrogen-bond acceptors (Lipinski definition) is 5. The minimum Gasteiger partial charge on any atom is -0.352 e. The number of nitriles is 1. The Labute approximate surface area is 166 Å². The third-order valence-electron chi connectivity index (χ3n) is 4.96. The Kier molecular flexibility index (Phi) is 4.81. The average molecular weight is 402 g/mol. The third kappa shape index (κ3) is 3.36. The zero-order valence-corrected chi connectivity index (χ0v) is 16.2. The molecule has 9 nitrogen and oxygen atoms in total. The van der Waals surface area contributed by atoms with Gasteiger partial charge in [0.05, 0.1) is 11.9 Å². The largest absolute Gasteiger partial charge is 0.352 e. The van der Waals surface area contributed by atoms with E-state index in [0.717, 1.165) is 44.3 Å². The van der Waals surface area contributed by atoms with Gasteiger partial charge in [0.25, 0.3) is 0 Å². The number of halogens is 1. The Balaban J connectivity index is 1.75. The quantitative estimate of drug-likeness (QED) is 0.817. The Morgan fingerprint density at radius 3 is 2.86 bits per heavy atom. The molecule has 4 rings (SSSR count). The van der Waals surface area contributed by atoms with Crippen LogP contribution in [-0.4, -0.2) is 44.0 Å². The third-order valence-corrected chi connectivity index (χ3v) is 5.34. The van der Waals surface area contributed by atoms with Crippen LogP contribution >= 0.6 is 11.6 Å². The average Bonchev–Trinajstić information content (AvgIpc) is 3.29. The standard InChI is InChI=1S/C18H20ClN7O2/c1-11(27)24(10-15(28)22-13-5-6-13)18-12(8-20)9-21-26(18)17-16(19)14-4-2-3-7-25(14)23-17/h9,13H,2-7,10H2,1H3,(H,22,28). The van der Waals surface area contributed by atoms with E-state index in [-0.39, 0.29) is 35.8 Å². The van der Waals surface area contributed by atoms with Gasteiger partial charge < -0.3 is 5.32 Å². The number of fused-ring (bicyclic) bond motifs is 1. The first-order valence-corrected chi connectivity index (χ1v) is 9.68. The summed E-state index contributed by atoms with van der Waals surface area (Å²) in [5, 5.41) is 21.6. The summed E-state index contributed by atoms with van der Waals surface area (Å²) in [4.78, 5) is 25.9. The molecule has 2 aromatic heterocycles. The number of aryl methyl sites for hydroxylation is 1. The fourth-order valence-corrected chi connectivity index (χ4v) is 3.70. The van der Waals surface area contributed by atoms with Crippen LogP contribution in [0.1, 0.15) is 43.9 Å². The van der Waals surface area contributed by atoms with Gasteiger partial charge in [0.1, 0.15) is 23.2 Å². The van der Waals surface area contributed by atoms with Crippen molar-refractivity contribution >= 4 is 29.2 Å². The van der Waals surface area contributed by atoms with Crippen LogP contribution < -0.4 is 10.2 Å². The van der Waals surface area contributed by atoms with Gasteiger partial charge in [0, 0.05) is 19.5 Å². The molecule has 1 fully saturated rings. The summed E-state index contributed by atoms with van der Waals surface area (Å²) in [5.41, 5.74) is 1.10. The molecule has 2 amide bonds. The lowest BCUT2D eigenvalue weighted by Crippen LogP contribution is -2.41. The maximum Gasteiger partial charge on any atom is 0.240 e. The zero-order valence-electron chi connectivity index (χ0n) is 15.5. The summed E-state index contributed by atoms with van der Waals surface area (Å²) in [6, 6.07) is 2.22. The van der Waals surface area contributed by atoms with Gasteiger partial charge in [-0.25, -0.2) is 0 Å². The second-order valence-corrected chi connectivity index (χ2v) is 7.49. The van der Waals surface area contributed by atoms with Crippen LogP contribution in [0, 0.1) is 11.3 Å². The van der Waals surface area contributed by atoms with Crippen LogP contribution in [0.15, 0.2) is 6.20 Å². The lowest BCUT2D eigenvalue weighted by Gasteiger charge is -2.21. The van der Waals surface area contributed by atoms with Gasteiger partial charge in [-0.15, -0.1) is 0 Å². The molecule has 0 unspecified atom stereocenters. The van der Waals surface area contributed by atoms with Crippen LogP contribution in [0.3, 0.4) is 0 Å². The van der Waals surface area contributed by atoms with Crippen molar-refractivity contribution in [2.75, 3.05) is 11.4 Å². The fraction of sp³-hybridized carbons (Fsp3) is 0.500. The zero-order chi connectivity index (χ0) is 19.8. The van der Waals surface area contributed by atoms with E-state index < -0.39 is 0 Å². The molecule has 10 heteroatoms. The molecular formula is C18H20ClN7O2. The van der Waals surface area contributed by atoms with Gasteiger partial charge in [-0.05, 0) is 32.1 Å². The maximum atomic E-state index is 12.3. The minimum atomic E-state index is -0.371. The number of amides is 2. The lowest BCUT2D eigenvalue weighted by atomic mass is 10.1. The van der Waals surface area contributed by atoms with Crippen molar-refractivity contribution < 1.29 is 9.59 Å². The van der Waals surface area contributed by atoms with Crippen molar-refractivity contribution in [3.05, 3.63) is 22.5 Å². The molecule has 0 spiro atoms. The summed E-state index contributed by atoms with van der Waals surface area (Å²) in [6.07, 6.45) is 6.11. The summed E-state index contributed by atoms with van der Waals surface area (Å²) >= 11 is 6.56. The number of carbonyl (C=O) groups excluding carboxylic acids is 2. The Hall–Kier alpha value is -2.86. The van der Waals surface area contributed by atoms with E-state index in [9.17, 15) is 14.9 Å². The van der Waals surface area contributed by atoms with E-state index >= 15 is 0 Å². The van der Waals surface area contributed by atoms with E-state index in [2.05, 4.69) is 15.5 Å². The minimum absolute atomic E-state index is 0.177. The Morgan fingerprint density at radius 2 is 2.21 bits per heavy atom.